The lowest BCUT2D eigenvalue weighted by Crippen LogP contribution is -2.45. The third kappa shape index (κ3) is 15.9. The van der Waals surface area contributed by atoms with Gasteiger partial charge in [0.15, 0.2) is 0 Å². The molecule has 3 aromatic carbocycles. The molecule has 0 radical (unpaired) electrons. The SMILES string of the molecule is Fc1ccc2nc(-c3cccc(-c4ccc(CNCCN5CCNCC5)cc4)c3)[nH]c2c1.O=C(O)C(F)(F)F.O=C(O)C(F)(F)F.O=C(O)C(F)(F)F. The Morgan fingerprint density at radius 2 is 1.23 bits per heavy atom. The molecule has 1 aliphatic heterocycles. The van der Waals surface area contributed by atoms with Gasteiger partial charge in [0.25, 0.3) is 0 Å². The fraction of sp³-hybridized carbons (Fsp3) is 0.312. The maximum atomic E-state index is 13.5. The number of hydrogen-bond donors (Lipinski definition) is 6. The normalized spacial score (nSPS) is 13.4. The number of piperazine rings is 1. The number of aliphatic carboxylic acids is 3. The summed E-state index contributed by atoms with van der Waals surface area (Å²) in [5.41, 5.74) is 6.04. The summed E-state index contributed by atoms with van der Waals surface area (Å²) < 4.78 is 109. The summed E-state index contributed by atoms with van der Waals surface area (Å²) in [6, 6.07) is 21.6. The molecule has 21 heteroatoms. The molecule has 0 spiro atoms. The molecular formula is C32H31F10N5O6. The van der Waals surface area contributed by atoms with Crippen molar-refractivity contribution in [3.05, 3.63) is 78.1 Å². The van der Waals surface area contributed by atoms with Gasteiger partial charge in [-0.2, -0.15) is 39.5 Å². The monoisotopic (exact) mass is 771 g/mol. The second-order valence-electron chi connectivity index (χ2n) is 10.7. The highest BCUT2D eigenvalue weighted by atomic mass is 19.4. The van der Waals surface area contributed by atoms with Crippen LogP contribution in [0.25, 0.3) is 33.5 Å². The number of carbonyl (C=O) groups is 3. The van der Waals surface area contributed by atoms with E-state index in [0.29, 0.717) is 5.52 Å². The van der Waals surface area contributed by atoms with Gasteiger partial charge in [0.05, 0.1) is 11.0 Å². The maximum Gasteiger partial charge on any atom is 0.490 e. The molecule has 5 rings (SSSR count). The maximum absolute atomic E-state index is 13.5. The van der Waals surface area contributed by atoms with Crippen molar-refractivity contribution in [1.82, 2.24) is 25.5 Å². The number of carboxylic acid groups (broad SMARTS) is 3. The zero-order valence-corrected chi connectivity index (χ0v) is 27.0. The number of halogens is 10. The summed E-state index contributed by atoms with van der Waals surface area (Å²) in [6.45, 7) is 7.45. The van der Waals surface area contributed by atoms with Crippen LogP contribution in [0.15, 0.2) is 66.7 Å². The number of nitrogens with one attached hydrogen (secondary N) is 3. The first kappa shape index (κ1) is 43.9. The van der Waals surface area contributed by atoms with Gasteiger partial charge in [-0.25, -0.2) is 23.8 Å². The zero-order valence-electron chi connectivity index (χ0n) is 27.0. The second kappa shape index (κ2) is 19.5. The van der Waals surface area contributed by atoms with Crippen molar-refractivity contribution in [3.63, 3.8) is 0 Å². The van der Waals surface area contributed by atoms with Crippen molar-refractivity contribution in [2.75, 3.05) is 39.3 Å². The lowest BCUT2D eigenvalue weighted by atomic mass is 10.0. The van der Waals surface area contributed by atoms with Crippen LogP contribution >= 0.6 is 0 Å². The van der Waals surface area contributed by atoms with Crippen LogP contribution in [0.2, 0.25) is 0 Å². The first-order valence-corrected chi connectivity index (χ1v) is 15.0. The topological polar surface area (TPSA) is 168 Å². The quantitative estimate of drug-likeness (QED) is 0.0980. The number of imidazole rings is 1. The predicted molar refractivity (Wildman–Crippen MR) is 169 cm³/mol. The Bertz CT molecular complexity index is 1730. The van der Waals surface area contributed by atoms with Crippen LogP contribution in [0, 0.1) is 5.82 Å². The van der Waals surface area contributed by atoms with E-state index in [-0.39, 0.29) is 5.82 Å². The van der Waals surface area contributed by atoms with Crippen LogP contribution in [0.4, 0.5) is 43.9 Å². The molecule has 0 saturated carbocycles. The van der Waals surface area contributed by atoms with Gasteiger partial charge in [-0.15, -0.1) is 0 Å². The standard InChI is InChI=1S/C26H28FN5.3C2HF3O2/c27-23-8-9-24-25(17-23)31-26(30-24)22-3-1-2-21(16-22)20-6-4-19(5-7-20)18-29-12-15-32-13-10-28-11-14-32;3*3-2(4,5)1(6)7/h1-9,16-17,28-29H,10-15,18H2,(H,30,31);3*(H,6,7). The van der Waals surface area contributed by atoms with E-state index >= 15 is 0 Å². The number of aromatic amines is 1. The first-order chi connectivity index (χ1) is 24.6. The molecule has 2 heterocycles. The van der Waals surface area contributed by atoms with Gasteiger partial charge in [-0.05, 0) is 41.0 Å². The van der Waals surface area contributed by atoms with Crippen LogP contribution in [0.1, 0.15) is 5.56 Å². The van der Waals surface area contributed by atoms with Crippen LogP contribution in [-0.2, 0) is 20.9 Å². The Morgan fingerprint density at radius 1 is 0.717 bits per heavy atom. The van der Waals surface area contributed by atoms with E-state index in [9.17, 15) is 43.9 Å². The van der Waals surface area contributed by atoms with E-state index in [1.54, 1.807) is 6.07 Å². The largest absolute Gasteiger partial charge is 0.490 e. The van der Waals surface area contributed by atoms with E-state index in [2.05, 4.69) is 61.9 Å². The number of alkyl halides is 9. The fourth-order valence-corrected chi connectivity index (χ4v) is 4.18. The number of nitrogens with zero attached hydrogens (tertiary/aromatic N) is 2. The molecule has 11 nitrogen and oxygen atoms in total. The molecule has 1 fully saturated rings. The third-order valence-electron chi connectivity index (χ3n) is 6.74. The highest BCUT2D eigenvalue weighted by Gasteiger charge is 2.39. The molecule has 6 N–H and O–H groups in total. The smallest absolute Gasteiger partial charge is 0.475 e. The number of hydrogen-bond acceptors (Lipinski definition) is 7. The first-order valence-electron chi connectivity index (χ1n) is 15.0. The minimum absolute atomic E-state index is 0.264. The van der Waals surface area contributed by atoms with Crippen molar-refractivity contribution in [1.29, 1.82) is 0 Å². The number of carboxylic acids is 3. The summed E-state index contributed by atoms with van der Waals surface area (Å²) in [5.74, 6) is -7.79. The summed E-state index contributed by atoms with van der Waals surface area (Å²) in [5, 5.41) is 28.3. The van der Waals surface area contributed by atoms with E-state index < -0.39 is 36.4 Å². The van der Waals surface area contributed by atoms with Gasteiger partial charge in [0, 0.05) is 51.4 Å². The van der Waals surface area contributed by atoms with Crippen LogP contribution in [0.3, 0.4) is 0 Å². The molecular weight excluding hydrogens is 740 g/mol. The Labute approximate surface area is 293 Å². The van der Waals surface area contributed by atoms with Crippen LogP contribution in [0.5, 0.6) is 0 Å². The van der Waals surface area contributed by atoms with Crippen molar-refractivity contribution >= 4 is 28.9 Å². The number of rotatable bonds is 7. The molecule has 0 amide bonds. The van der Waals surface area contributed by atoms with Gasteiger partial charge in [-0.1, -0.05) is 42.5 Å². The van der Waals surface area contributed by atoms with Crippen molar-refractivity contribution in [3.8, 4) is 22.5 Å². The summed E-state index contributed by atoms with van der Waals surface area (Å²) in [4.78, 5) is 37.0. The highest BCUT2D eigenvalue weighted by Crippen LogP contribution is 2.27. The highest BCUT2D eigenvalue weighted by molar-refractivity contribution is 5.80. The Morgan fingerprint density at radius 3 is 1.74 bits per heavy atom. The second-order valence-corrected chi connectivity index (χ2v) is 10.7. The lowest BCUT2D eigenvalue weighted by molar-refractivity contribution is -0.193. The fourth-order valence-electron chi connectivity index (χ4n) is 4.18. The van der Waals surface area contributed by atoms with Gasteiger partial charge in [-0.3, -0.25) is 4.90 Å². The molecule has 1 saturated heterocycles. The van der Waals surface area contributed by atoms with Crippen LogP contribution < -0.4 is 10.6 Å². The van der Waals surface area contributed by atoms with E-state index in [4.69, 9.17) is 29.7 Å². The Hall–Kier alpha value is -5.28. The third-order valence-corrected chi connectivity index (χ3v) is 6.74. The van der Waals surface area contributed by atoms with Gasteiger partial charge in [0.1, 0.15) is 11.6 Å². The number of aromatic nitrogens is 2. The van der Waals surface area contributed by atoms with Gasteiger partial charge >= 0.3 is 36.4 Å². The molecule has 0 atom stereocenters. The Balaban J connectivity index is 0.000000379. The average Bonchev–Trinajstić information content (AvgIpc) is 3.51. The molecule has 290 valence electrons. The molecule has 1 aromatic heterocycles. The van der Waals surface area contributed by atoms with Gasteiger partial charge < -0.3 is 30.9 Å². The van der Waals surface area contributed by atoms with Crippen molar-refractivity contribution in [2.24, 2.45) is 0 Å². The molecule has 0 unspecified atom stereocenters. The summed E-state index contributed by atoms with van der Waals surface area (Å²) >= 11 is 0. The predicted octanol–water partition coefficient (Wildman–Crippen LogP) is 5.93. The Kier molecular flexibility index (Phi) is 16.2. The molecule has 53 heavy (non-hydrogen) atoms. The minimum atomic E-state index is -5.08. The molecule has 1 aliphatic rings. The summed E-state index contributed by atoms with van der Waals surface area (Å²) in [7, 11) is 0. The van der Waals surface area contributed by atoms with E-state index in [1.165, 1.54) is 23.3 Å². The average molecular weight is 772 g/mol. The lowest BCUT2D eigenvalue weighted by Gasteiger charge is -2.27. The zero-order chi connectivity index (χ0) is 40.0. The van der Waals surface area contributed by atoms with E-state index in [1.807, 2.05) is 12.1 Å². The number of H-pyrrole nitrogens is 1. The molecule has 0 bridgehead atoms. The number of fused-ring (bicyclic) bond motifs is 1. The van der Waals surface area contributed by atoms with E-state index in [0.717, 1.165) is 68.3 Å². The molecule has 4 aromatic rings. The number of benzene rings is 3. The molecule has 0 aliphatic carbocycles. The van der Waals surface area contributed by atoms with Crippen molar-refractivity contribution < 1.29 is 73.6 Å². The van der Waals surface area contributed by atoms with Crippen LogP contribution in [-0.4, -0.2) is 106 Å². The summed E-state index contributed by atoms with van der Waals surface area (Å²) in [6.07, 6.45) is -15.3. The van der Waals surface area contributed by atoms with Crippen molar-refractivity contribution in [2.45, 2.75) is 25.1 Å². The van der Waals surface area contributed by atoms with Gasteiger partial charge in [0.2, 0.25) is 0 Å². The minimum Gasteiger partial charge on any atom is -0.475 e.